The standard InChI is InChI=1S/C15H14ClN3OS/c1-3-17-15-14(13-5-4-6-21-13)18-10-7-9(16)12(20-2)8-11(10)19-15/h4-8H,3H2,1-2H3,(H,17,19). The number of thiophene rings is 1. The van der Waals surface area contributed by atoms with Gasteiger partial charge in [-0.2, -0.15) is 0 Å². The molecular formula is C15H14ClN3OS. The maximum absolute atomic E-state index is 6.18. The molecule has 0 unspecified atom stereocenters. The van der Waals surface area contributed by atoms with Crippen molar-refractivity contribution in [2.75, 3.05) is 19.0 Å². The second-order valence-corrected chi connectivity index (χ2v) is 5.76. The molecule has 0 spiro atoms. The Balaban J connectivity index is 2.24. The molecule has 0 saturated carbocycles. The van der Waals surface area contributed by atoms with E-state index >= 15 is 0 Å². The van der Waals surface area contributed by atoms with Gasteiger partial charge < -0.3 is 10.1 Å². The van der Waals surface area contributed by atoms with E-state index in [0.29, 0.717) is 10.8 Å². The Morgan fingerprint density at radius 2 is 2.10 bits per heavy atom. The van der Waals surface area contributed by atoms with Crippen LogP contribution in [-0.4, -0.2) is 23.6 Å². The Morgan fingerprint density at radius 3 is 2.76 bits per heavy atom. The molecule has 3 aromatic rings. The van der Waals surface area contributed by atoms with Gasteiger partial charge in [-0.25, -0.2) is 9.97 Å². The predicted octanol–water partition coefficient (Wildman–Crippen LogP) is 4.45. The molecule has 108 valence electrons. The van der Waals surface area contributed by atoms with Crippen molar-refractivity contribution in [3.8, 4) is 16.3 Å². The lowest BCUT2D eigenvalue weighted by Crippen LogP contribution is -2.03. The maximum atomic E-state index is 6.18. The van der Waals surface area contributed by atoms with Crippen LogP contribution >= 0.6 is 22.9 Å². The second kappa shape index (κ2) is 5.87. The number of halogens is 1. The Bertz CT molecular complexity index is 774. The van der Waals surface area contributed by atoms with Crippen LogP contribution in [0.1, 0.15) is 6.92 Å². The van der Waals surface area contributed by atoms with Gasteiger partial charge in [0.1, 0.15) is 11.4 Å². The Labute approximate surface area is 131 Å². The second-order valence-electron chi connectivity index (χ2n) is 4.40. The number of nitrogens with one attached hydrogen (secondary N) is 1. The summed E-state index contributed by atoms with van der Waals surface area (Å²) in [7, 11) is 1.59. The largest absolute Gasteiger partial charge is 0.495 e. The van der Waals surface area contributed by atoms with Gasteiger partial charge in [0, 0.05) is 12.6 Å². The molecular weight excluding hydrogens is 306 g/mol. The SMILES string of the molecule is CCNc1nc2cc(OC)c(Cl)cc2nc1-c1cccs1. The fourth-order valence-corrected chi connectivity index (χ4v) is 3.04. The number of hydrogen-bond donors (Lipinski definition) is 1. The fourth-order valence-electron chi connectivity index (χ4n) is 2.09. The highest BCUT2D eigenvalue weighted by atomic mass is 35.5. The first-order valence-electron chi connectivity index (χ1n) is 6.56. The number of rotatable bonds is 4. The van der Waals surface area contributed by atoms with Gasteiger partial charge in [-0.05, 0) is 24.4 Å². The molecule has 0 bridgehead atoms. The Hall–Kier alpha value is -1.85. The molecule has 0 saturated heterocycles. The number of nitrogens with zero attached hydrogens (tertiary/aromatic N) is 2. The molecule has 0 fully saturated rings. The van der Waals surface area contributed by atoms with E-state index in [1.807, 2.05) is 30.5 Å². The van der Waals surface area contributed by atoms with E-state index in [9.17, 15) is 0 Å². The molecule has 6 heteroatoms. The van der Waals surface area contributed by atoms with Crippen LogP contribution in [0.4, 0.5) is 5.82 Å². The molecule has 4 nitrogen and oxygen atoms in total. The zero-order chi connectivity index (χ0) is 14.8. The molecule has 0 aliphatic carbocycles. The van der Waals surface area contributed by atoms with Crippen LogP contribution in [0.3, 0.4) is 0 Å². The average Bonchev–Trinajstić information content (AvgIpc) is 3.00. The summed E-state index contributed by atoms with van der Waals surface area (Å²) in [5.74, 6) is 1.38. The molecule has 2 aromatic heterocycles. The molecule has 1 N–H and O–H groups in total. The van der Waals surface area contributed by atoms with Gasteiger partial charge in [-0.3, -0.25) is 0 Å². The van der Waals surface area contributed by atoms with Gasteiger partial charge in [-0.1, -0.05) is 17.7 Å². The van der Waals surface area contributed by atoms with Crippen LogP contribution < -0.4 is 10.1 Å². The summed E-state index contributed by atoms with van der Waals surface area (Å²) >= 11 is 7.81. The lowest BCUT2D eigenvalue weighted by molar-refractivity contribution is 0.415. The van der Waals surface area contributed by atoms with Crippen molar-refractivity contribution in [2.24, 2.45) is 0 Å². The minimum Gasteiger partial charge on any atom is -0.495 e. The summed E-state index contributed by atoms with van der Waals surface area (Å²) in [6.07, 6.45) is 0. The van der Waals surface area contributed by atoms with Crippen molar-refractivity contribution in [1.29, 1.82) is 0 Å². The van der Waals surface area contributed by atoms with Gasteiger partial charge >= 0.3 is 0 Å². The van der Waals surface area contributed by atoms with Crippen LogP contribution in [-0.2, 0) is 0 Å². The topological polar surface area (TPSA) is 47.0 Å². The third-order valence-electron chi connectivity index (χ3n) is 3.04. The summed E-state index contributed by atoms with van der Waals surface area (Å²) in [5.41, 5.74) is 2.36. The highest BCUT2D eigenvalue weighted by Gasteiger charge is 2.13. The lowest BCUT2D eigenvalue weighted by Gasteiger charge is -2.11. The summed E-state index contributed by atoms with van der Waals surface area (Å²) in [6.45, 7) is 2.82. The van der Waals surface area contributed by atoms with E-state index in [0.717, 1.165) is 34.0 Å². The Kier molecular flexibility index (Phi) is 3.94. The van der Waals surface area contributed by atoms with Crippen LogP contribution in [0.2, 0.25) is 5.02 Å². The average molecular weight is 320 g/mol. The fraction of sp³-hybridized carbons (Fsp3) is 0.200. The number of ether oxygens (including phenoxy) is 1. The summed E-state index contributed by atoms with van der Waals surface area (Å²) < 4.78 is 5.24. The number of hydrogen-bond acceptors (Lipinski definition) is 5. The maximum Gasteiger partial charge on any atom is 0.154 e. The van der Waals surface area contributed by atoms with E-state index in [1.165, 1.54) is 0 Å². The summed E-state index contributed by atoms with van der Waals surface area (Å²) in [5, 5.41) is 5.83. The van der Waals surface area contributed by atoms with Crippen LogP contribution in [0.5, 0.6) is 5.75 Å². The minimum atomic E-state index is 0.535. The van der Waals surface area contributed by atoms with Gasteiger partial charge in [-0.15, -0.1) is 11.3 Å². The molecule has 0 amide bonds. The number of anilines is 1. The minimum absolute atomic E-state index is 0.535. The van der Waals surface area contributed by atoms with E-state index in [1.54, 1.807) is 24.5 Å². The third kappa shape index (κ3) is 2.66. The molecule has 3 rings (SSSR count). The van der Waals surface area contributed by atoms with Gasteiger partial charge in [0.25, 0.3) is 0 Å². The van der Waals surface area contributed by atoms with Crippen LogP contribution in [0, 0.1) is 0 Å². The quantitative estimate of drug-likeness (QED) is 0.771. The molecule has 2 heterocycles. The number of fused-ring (bicyclic) bond motifs is 1. The van der Waals surface area contributed by atoms with Crippen molar-refractivity contribution < 1.29 is 4.74 Å². The molecule has 21 heavy (non-hydrogen) atoms. The van der Waals surface area contributed by atoms with Gasteiger partial charge in [0.05, 0.1) is 28.0 Å². The monoisotopic (exact) mass is 319 g/mol. The van der Waals surface area contributed by atoms with E-state index in [2.05, 4.69) is 10.3 Å². The van der Waals surface area contributed by atoms with Crippen molar-refractivity contribution in [3.05, 3.63) is 34.7 Å². The molecule has 0 aliphatic heterocycles. The summed E-state index contributed by atoms with van der Waals surface area (Å²) in [4.78, 5) is 10.5. The predicted molar refractivity (Wildman–Crippen MR) is 88.6 cm³/mol. The van der Waals surface area contributed by atoms with E-state index < -0.39 is 0 Å². The first-order valence-corrected chi connectivity index (χ1v) is 7.81. The lowest BCUT2D eigenvalue weighted by atomic mass is 10.2. The van der Waals surface area contributed by atoms with Crippen LogP contribution in [0.15, 0.2) is 29.6 Å². The van der Waals surface area contributed by atoms with E-state index in [4.69, 9.17) is 21.3 Å². The zero-order valence-corrected chi connectivity index (χ0v) is 13.3. The molecule has 0 aliphatic rings. The highest BCUT2D eigenvalue weighted by molar-refractivity contribution is 7.13. The molecule has 0 atom stereocenters. The summed E-state index contributed by atoms with van der Waals surface area (Å²) in [6, 6.07) is 7.63. The van der Waals surface area contributed by atoms with E-state index in [-0.39, 0.29) is 0 Å². The van der Waals surface area contributed by atoms with Crippen molar-refractivity contribution >= 4 is 39.8 Å². The van der Waals surface area contributed by atoms with Crippen LogP contribution in [0.25, 0.3) is 21.6 Å². The number of benzene rings is 1. The number of aromatic nitrogens is 2. The van der Waals surface area contributed by atoms with Gasteiger partial charge in [0.2, 0.25) is 0 Å². The molecule has 1 aromatic carbocycles. The Morgan fingerprint density at radius 1 is 1.29 bits per heavy atom. The first-order chi connectivity index (χ1) is 10.2. The first kappa shape index (κ1) is 14.1. The van der Waals surface area contributed by atoms with Gasteiger partial charge in [0.15, 0.2) is 5.82 Å². The normalized spacial score (nSPS) is 10.8. The molecule has 0 radical (unpaired) electrons. The van der Waals surface area contributed by atoms with Crippen molar-refractivity contribution in [2.45, 2.75) is 6.92 Å². The van der Waals surface area contributed by atoms with Crippen molar-refractivity contribution in [1.82, 2.24) is 9.97 Å². The zero-order valence-electron chi connectivity index (χ0n) is 11.7. The highest BCUT2D eigenvalue weighted by Crippen LogP contribution is 2.33. The number of methoxy groups -OCH3 is 1. The third-order valence-corrected chi connectivity index (χ3v) is 4.21. The van der Waals surface area contributed by atoms with Crippen molar-refractivity contribution in [3.63, 3.8) is 0 Å². The smallest absolute Gasteiger partial charge is 0.154 e.